The van der Waals surface area contributed by atoms with Crippen molar-refractivity contribution in [1.29, 1.82) is 0 Å². The summed E-state index contributed by atoms with van der Waals surface area (Å²) in [6.07, 6.45) is 1.23. The highest BCUT2D eigenvalue weighted by Crippen LogP contribution is 2.41. The fourth-order valence-corrected chi connectivity index (χ4v) is 3.59. The summed E-state index contributed by atoms with van der Waals surface area (Å²) in [5.74, 6) is -0.147. The fraction of sp³-hybridized carbons (Fsp3) is 0.381. The number of hydrogen-bond donors (Lipinski definition) is 2. The van der Waals surface area contributed by atoms with Gasteiger partial charge in [-0.1, -0.05) is 42.5 Å². The second kappa shape index (κ2) is 7.16. The van der Waals surface area contributed by atoms with Crippen LogP contribution in [0.3, 0.4) is 0 Å². The van der Waals surface area contributed by atoms with Crippen LogP contribution < -0.4 is 10.6 Å². The first kappa shape index (κ1) is 17.2. The average molecular weight is 356 g/mol. The van der Waals surface area contributed by atoms with E-state index in [0.29, 0.717) is 11.5 Å². The van der Waals surface area contributed by atoms with Gasteiger partial charge in [0.15, 0.2) is 0 Å². The molecule has 1 amide bonds. The molecule has 2 aromatic carbocycles. The SMILES string of the molecule is O=C(NC(c1ccccc1)c1ccc(C2CC2)c(F)c1)C1CC(F)CN1. The summed E-state index contributed by atoms with van der Waals surface area (Å²) in [6, 6.07) is 13.7. The van der Waals surface area contributed by atoms with E-state index in [-0.39, 0.29) is 24.7 Å². The summed E-state index contributed by atoms with van der Waals surface area (Å²) in [7, 11) is 0. The summed E-state index contributed by atoms with van der Waals surface area (Å²) >= 11 is 0. The largest absolute Gasteiger partial charge is 0.344 e. The topological polar surface area (TPSA) is 41.1 Å². The molecular formula is C21H22F2N2O. The van der Waals surface area contributed by atoms with Crippen molar-refractivity contribution in [2.24, 2.45) is 0 Å². The summed E-state index contributed by atoms with van der Waals surface area (Å²) in [5, 5.41) is 5.87. The van der Waals surface area contributed by atoms with Gasteiger partial charge in [-0.3, -0.25) is 4.79 Å². The van der Waals surface area contributed by atoms with Crippen molar-refractivity contribution < 1.29 is 13.6 Å². The van der Waals surface area contributed by atoms with Crippen LogP contribution in [0.1, 0.15) is 47.9 Å². The second-order valence-electron chi connectivity index (χ2n) is 7.20. The lowest BCUT2D eigenvalue weighted by molar-refractivity contribution is -0.123. The highest BCUT2D eigenvalue weighted by atomic mass is 19.1. The number of alkyl halides is 1. The van der Waals surface area contributed by atoms with Gasteiger partial charge in [0, 0.05) is 13.0 Å². The summed E-state index contributed by atoms with van der Waals surface area (Å²) in [4.78, 5) is 12.6. The minimum absolute atomic E-state index is 0.169. The summed E-state index contributed by atoms with van der Waals surface area (Å²) < 4.78 is 27.9. The Morgan fingerprint density at radius 3 is 2.50 bits per heavy atom. The molecule has 2 fully saturated rings. The maximum absolute atomic E-state index is 14.5. The molecule has 1 saturated heterocycles. The third-order valence-electron chi connectivity index (χ3n) is 5.19. The van der Waals surface area contributed by atoms with Crippen LogP contribution in [0.2, 0.25) is 0 Å². The third kappa shape index (κ3) is 3.63. The van der Waals surface area contributed by atoms with Crippen LogP contribution in [-0.2, 0) is 4.79 Å². The van der Waals surface area contributed by atoms with Crippen LogP contribution in [0.4, 0.5) is 8.78 Å². The molecule has 0 aromatic heterocycles. The van der Waals surface area contributed by atoms with Gasteiger partial charge < -0.3 is 10.6 Å². The van der Waals surface area contributed by atoms with E-state index in [9.17, 15) is 13.6 Å². The summed E-state index contributed by atoms with van der Waals surface area (Å²) in [5.41, 5.74) is 2.32. The Morgan fingerprint density at radius 1 is 1.12 bits per heavy atom. The maximum Gasteiger partial charge on any atom is 0.237 e. The van der Waals surface area contributed by atoms with Crippen LogP contribution in [0, 0.1) is 5.82 Å². The molecule has 26 heavy (non-hydrogen) atoms. The normalized spacial score (nSPS) is 23.6. The first-order valence-electron chi connectivity index (χ1n) is 9.14. The summed E-state index contributed by atoms with van der Waals surface area (Å²) in [6.45, 7) is 0.193. The molecule has 136 valence electrons. The number of amides is 1. The van der Waals surface area contributed by atoms with E-state index < -0.39 is 18.3 Å². The van der Waals surface area contributed by atoms with Crippen molar-refractivity contribution in [1.82, 2.24) is 10.6 Å². The Morgan fingerprint density at radius 2 is 1.88 bits per heavy atom. The second-order valence-corrected chi connectivity index (χ2v) is 7.20. The van der Waals surface area contributed by atoms with Crippen molar-refractivity contribution >= 4 is 5.91 Å². The van der Waals surface area contributed by atoms with Gasteiger partial charge in [-0.15, -0.1) is 0 Å². The Bertz CT molecular complexity index is 792. The molecule has 2 aromatic rings. The van der Waals surface area contributed by atoms with Crippen molar-refractivity contribution in [2.75, 3.05) is 6.54 Å². The van der Waals surface area contributed by atoms with Crippen molar-refractivity contribution in [3.63, 3.8) is 0 Å². The first-order chi connectivity index (χ1) is 12.6. The molecule has 1 aliphatic heterocycles. The Labute approximate surface area is 151 Å². The zero-order valence-corrected chi connectivity index (χ0v) is 14.4. The van der Waals surface area contributed by atoms with Crippen LogP contribution in [0.25, 0.3) is 0 Å². The van der Waals surface area contributed by atoms with Gasteiger partial charge in [0.1, 0.15) is 12.0 Å². The lowest BCUT2D eigenvalue weighted by Gasteiger charge is -2.22. The van der Waals surface area contributed by atoms with Crippen molar-refractivity contribution in [3.8, 4) is 0 Å². The Hall–Kier alpha value is -2.27. The quantitative estimate of drug-likeness (QED) is 0.859. The van der Waals surface area contributed by atoms with E-state index in [0.717, 1.165) is 24.0 Å². The molecule has 1 heterocycles. The number of hydrogen-bond acceptors (Lipinski definition) is 2. The van der Waals surface area contributed by atoms with E-state index >= 15 is 0 Å². The lowest BCUT2D eigenvalue weighted by Crippen LogP contribution is -2.42. The zero-order chi connectivity index (χ0) is 18.1. The number of halogens is 2. The number of nitrogens with one attached hydrogen (secondary N) is 2. The van der Waals surface area contributed by atoms with Gasteiger partial charge in [0.05, 0.1) is 12.1 Å². The molecule has 2 aliphatic rings. The van der Waals surface area contributed by atoms with Gasteiger partial charge in [0.25, 0.3) is 0 Å². The standard InChI is InChI=1S/C21H22F2N2O/c22-16-11-19(24-12-16)21(26)25-20(14-4-2-1-3-5-14)15-8-9-17(13-6-7-13)18(23)10-15/h1-5,8-10,13,16,19-20,24H,6-7,11-12H2,(H,25,26). The Kier molecular flexibility index (Phi) is 4.72. The van der Waals surface area contributed by atoms with E-state index in [1.165, 1.54) is 6.07 Å². The van der Waals surface area contributed by atoms with Gasteiger partial charge in [-0.2, -0.15) is 0 Å². The molecule has 2 N–H and O–H groups in total. The average Bonchev–Trinajstić information content (AvgIpc) is 3.40. The predicted octanol–water partition coefficient (Wildman–Crippen LogP) is 3.61. The van der Waals surface area contributed by atoms with E-state index in [1.807, 2.05) is 42.5 Å². The van der Waals surface area contributed by atoms with Crippen molar-refractivity contribution in [2.45, 2.75) is 43.4 Å². The number of rotatable bonds is 5. The van der Waals surface area contributed by atoms with E-state index in [2.05, 4.69) is 10.6 Å². The minimum atomic E-state index is -1.00. The first-order valence-corrected chi connectivity index (χ1v) is 9.14. The van der Waals surface area contributed by atoms with Gasteiger partial charge in [0.2, 0.25) is 5.91 Å². The number of benzene rings is 2. The predicted molar refractivity (Wildman–Crippen MR) is 96.1 cm³/mol. The van der Waals surface area contributed by atoms with E-state index in [1.54, 1.807) is 0 Å². The molecule has 1 aliphatic carbocycles. The molecule has 1 saturated carbocycles. The van der Waals surface area contributed by atoms with Crippen LogP contribution >= 0.6 is 0 Å². The number of carbonyl (C=O) groups excluding carboxylic acids is 1. The molecule has 3 atom stereocenters. The van der Waals surface area contributed by atoms with Crippen LogP contribution in [-0.4, -0.2) is 24.7 Å². The zero-order valence-electron chi connectivity index (χ0n) is 14.4. The highest BCUT2D eigenvalue weighted by molar-refractivity contribution is 5.83. The smallest absolute Gasteiger partial charge is 0.237 e. The van der Waals surface area contributed by atoms with Gasteiger partial charge in [-0.05, 0) is 41.5 Å². The molecule has 4 rings (SSSR count). The van der Waals surface area contributed by atoms with E-state index in [4.69, 9.17) is 0 Å². The highest BCUT2D eigenvalue weighted by Gasteiger charge is 2.31. The van der Waals surface area contributed by atoms with Gasteiger partial charge >= 0.3 is 0 Å². The molecule has 3 unspecified atom stereocenters. The third-order valence-corrected chi connectivity index (χ3v) is 5.19. The van der Waals surface area contributed by atoms with Crippen LogP contribution in [0.5, 0.6) is 0 Å². The molecule has 3 nitrogen and oxygen atoms in total. The minimum Gasteiger partial charge on any atom is -0.344 e. The fourth-order valence-electron chi connectivity index (χ4n) is 3.59. The number of carbonyl (C=O) groups is 1. The van der Waals surface area contributed by atoms with Gasteiger partial charge in [-0.25, -0.2) is 8.78 Å². The molecule has 0 spiro atoms. The molecule has 5 heteroatoms. The molecular weight excluding hydrogens is 334 g/mol. The lowest BCUT2D eigenvalue weighted by atomic mass is 9.96. The molecule has 0 radical (unpaired) electrons. The van der Waals surface area contributed by atoms with Crippen molar-refractivity contribution in [3.05, 3.63) is 71.0 Å². The maximum atomic E-state index is 14.5. The Balaban J connectivity index is 1.61. The monoisotopic (exact) mass is 356 g/mol. The van der Waals surface area contributed by atoms with Crippen LogP contribution in [0.15, 0.2) is 48.5 Å². The molecule has 0 bridgehead atoms.